The molecule has 2 saturated carbocycles. The maximum atomic E-state index is 13.4. The zero-order valence-electron chi connectivity index (χ0n) is 16.3. The number of rotatable bonds is 4. The fraction of sp³-hybridized carbons (Fsp3) is 0.682. The van der Waals surface area contributed by atoms with E-state index >= 15 is 0 Å². The summed E-state index contributed by atoms with van der Waals surface area (Å²) in [5.41, 5.74) is 0.672. The highest BCUT2D eigenvalue weighted by Gasteiger charge is 2.35. The van der Waals surface area contributed by atoms with Gasteiger partial charge in [0.15, 0.2) is 0 Å². The molecule has 1 N–H and O–H groups in total. The van der Waals surface area contributed by atoms with E-state index in [1.165, 1.54) is 38.5 Å². The van der Waals surface area contributed by atoms with Crippen LogP contribution in [-0.2, 0) is 5.54 Å². The molecule has 2 aliphatic carbocycles. The van der Waals surface area contributed by atoms with Crippen molar-refractivity contribution in [2.45, 2.75) is 95.7 Å². The molecule has 2 fully saturated rings. The molecule has 0 unspecified atom stereocenters. The Kier molecular flexibility index (Phi) is 6.50. The minimum Gasteiger partial charge on any atom is -0.329 e. The van der Waals surface area contributed by atoms with Crippen molar-refractivity contribution in [1.82, 2.24) is 10.2 Å². The molecule has 0 heterocycles. The number of carbonyl (C=O) groups is 1. The second-order valence-corrected chi connectivity index (χ2v) is 8.99. The summed E-state index contributed by atoms with van der Waals surface area (Å²) in [6, 6.07) is 8.74. The minimum absolute atomic E-state index is 0.115. The lowest BCUT2D eigenvalue weighted by molar-refractivity contribution is 0.0991. The Morgan fingerprint density at radius 3 is 1.85 bits per heavy atom. The molecule has 1 aromatic carbocycles. The summed E-state index contributed by atoms with van der Waals surface area (Å²) in [5, 5.41) is 4.05. The average Bonchev–Trinajstić information content (AvgIpc) is 2.63. The SMILES string of the molecule is CC(C)(NC(=O)N(C1CCCCC1)C1CCCCC1)c1ccc(Cl)cc1. The van der Waals surface area contributed by atoms with E-state index in [0.29, 0.717) is 12.1 Å². The van der Waals surface area contributed by atoms with Gasteiger partial charge in [-0.3, -0.25) is 0 Å². The smallest absolute Gasteiger partial charge is 0.318 e. The van der Waals surface area contributed by atoms with Crippen LogP contribution >= 0.6 is 11.6 Å². The van der Waals surface area contributed by atoms with Gasteiger partial charge in [0.25, 0.3) is 0 Å². The van der Waals surface area contributed by atoms with Crippen molar-refractivity contribution < 1.29 is 4.79 Å². The molecule has 3 nitrogen and oxygen atoms in total. The van der Waals surface area contributed by atoms with Gasteiger partial charge in [-0.2, -0.15) is 0 Å². The van der Waals surface area contributed by atoms with E-state index in [9.17, 15) is 4.79 Å². The molecule has 0 atom stereocenters. The lowest BCUT2D eigenvalue weighted by Crippen LogP contribution is -2.56. The number of nitrogens with zero attached hydrogens (tertiary/aromatic N) is 1. The van der Waals surface area contributed by atoms with Crippen molar-refractivity contribution in [2.75, 3.05) is 0 Å². The third-order valence-corrected chi connectivity index (χ3v) is 6.41. The Morgan fingerprint density at radius 2 is 1.38 bits per heavy atom. The van der Waals surface area contributed by atoms with Gasteiger partial charge in [-0.25, -0.2) is 4.79 Å². The summed E-state index contributed by atoms with van der Waals surface area (Å²) < 4.78 is 0. The summed E-state index contributed by atoms with van der Waals surface area (Å²) >= 11 is 6.03. The number of nitrogens with one attached hydrogen (secondary N) is 1. The first-order chi connectivity index (χ1) is 12.5. The van der Waals surface area contributed by atoms with Crippen molar-refractivity contribution in [3.63, 3.8) is 0 Å². The Labute approximate surface area is 163 Å². The molecule has 1 aromatic rings. The number of hydrogen-bond donors (Lipinski definition) is 1. The topological polar surface area (TPSA) is 32.3 Å². The highest BCUT2D eigenvalue weighted by molar-refractivity contribution is 6.30. The van der Waals surface area contributed by atoms with Crippen LogP contribution in [-0.4, -0.2) is 23.0 Å². The van der Waals surface area contributed by atoms with Gasteiger partial charge in [0, 0.05) is 17.1 Å². The molecule has 26 heavy (non-hydrogen) atoms. The molecule has 0 aromatic heterocycles. The maximum absolute atomic E-state index is 13.4. The molecular weight excluding hydrogens is 344 g/mol. The first-order valence-electron chi connectivity index (χ1n) is 10.3. The van der Waals surface area contributed by atoms with E-state index in [2.05, 4.69) is 24.1 Å². The van der Waals surface area contributed by atoms with Crippen LogP contribution in [0.15, 0.2) is 24.3 Å². The summed E-state index contributed by atoms with van der Waals surface area (Å²) in [7, 11) is 0. The van der Waals surface area contributed by atoms with E-state index in [1.807, 2.05) is 24.3 Å². The number of halogens is 1. The molecule has 4 heteroatoms. The van der Waals surface area contributed by atoms with Gasteiger partial charge in [0.05, 0.1) is 5.54 Å². The van der Waals surface area contributed by atoms with E-state index in [0.717, 1.165) is 36.3 Å². The zero-order chi connectivity index (χ0) is 18.6. The van der Waals surface area contributed by atoms with E-state index in [-0.39, 0.29) is 6.03 Å². The van der Waals surface area contributed by atoms with Gasteiger partial charge in [-0.05, 0) is 57.2 Å². The Balaban J connectivity index is 1.76. The van der Waals surface area contributed by atoms with Crippen LogP contribution in [0.1, 0.15) is 83.6 Å². The quantitative estimate of drug-likeness (QED) is 0.661. The number of carbonyl (C=O) groups excluding carboxylic acids is 1. The van der Waals surface area contributed by atoms with Crippen LogP contribution in [0.4, 0.5) is 4.79 Å². The highest BCUT2D eigenvalue weighted by Crippen LogP contribution is 2.31. The molecular formula is C22H33ClN2O. The second-order valence-electron chi connectivity index (χ2n) is 8.55. The van der Waals surface area contributed by atoms with Crippen LogP contribution in [0.2, 0.25) is 5.02 Å². The van der Waals surface area contributed by atoms with Crippen LogP contribution in [0.25, 0.3) is 0 Å². The van der Waals surface area contributed by atoms with Gasteiger partial charge in [0.2, 0.25) is 0 Å². The standard InChI is InChI=1S/C22H33ClN2O/c1-22(2,17-13-15-18(23)16-14-17)24-21(26)25(19-9-5-3-6-10-19)20-11-7-4-8-12-20/h13-16,19-20H,3-12H2,1-2H3,(H,24,26). The van der Waals surface area contributed by atoms with Crippen molar-refractivity contribution >= 4 is 17.6 Å². The van der Waals surface area contributed by atoms with Crippen LogP contribution in [0, 0.1) is 0 Å². The first kappa shape index (κ1) is 19.5. The van der Waals surface area contributed by atoms with Crippen LogP contribution in [0.5, 0.6) is 0 Å². The second kappa shape index (κ2) is 8.65. The third kappa shape index (κ3) is 4.73. The summed E-state index contributed by atoms with van der Waals surface area (Å²) in [4.78, 5) is 15.6. The molecule has 0 bridgehead atoms. The largest absolute Gasteiger partial charge is 0.329 e. The van der Waals surface area contributed by atoms with Gasteiger partial charge in [0.1, 0.15) is 0 Å². The molecule has 144 valence electrons. The fourth-order valence-electron chi connectivity index (χ4n) is 4.62. The normalized spacial score (nSPS) is 20.0. The first-order valence-corrected chi connectivity index (χ1v) is 10.7. The lowest BCUT2D eigenvalue weighted by atomic mass is 9.88. The zero-order valence-corrected chi connectivity index (χ0v) is 17.0. The van der Waals surface area contributed by atoms with Gasteiger partial charge in [-0.1, -0.05) is 62.3 Å². The molecule has 0 radical (unpaired) electrons. The van der Waals surface area contributed by atoms with E-state index in [4.69, 9.17) is 11.6 Å². The molecule has 0 spiro atoms. The van der Waals surface area contributed by atoms with Crippen molar-refractivity contribution in [2.24, 2.45) is 0 Å². The predicted molar refractivity (Wildman–Crippen MR) is 109 cm³/mol. The number of benzene rings is 1. The van der Waals surface area contributed by atoms with E-state index in [1.54, 1.807) is 0 Å². The maximum Gasteiger partial charge on any atom is 0.318 e. The van der Waals surface area contributed by atoms with Gasteiger partial charge in [-0.15, -0.1) is 0 Å². The summed E-state index contributed by atoms with van der Waals surface area (Å²) in [6.07, 6.45) is 12.3. The average molecular weight is 377 g/mol. The van der Waals surface area contributed by atoms with Crippen LogP contribution in [0.3, 0.4) is 0 Å². The van der Waals surface area contributed by atoms with Crippen LogP contribution < -0.4 is 5.32 Å². The minimum atomic E-state index is -0.413. The van der Waals surface area contributed by atoms with Gasteiger partial charge < -0.3 is 10.2 Å². The lowest BCUT2D eigenvalue weighted by Gasteiger charge is -2.43. The number of urea groups is 1. The molecule has 0 aliphatic heterocycles. The van der Waals surface area contributed by atoms with Gasteiger partial charge >= 0.3 is 6.03 Å². The number of hydrogen-bond acceptors (Lipinski definition) is 1. The molecule has 0 saturated heterocycles. The van der Waals surface area contributed by atoms with Crippen molar-refractivity contribution in [3.8, 4) is 0 Å². The predicted octanol–water partition coefficient (Wildman–Crippen LogP) is 6.25. The summed E-state index contributed by atoms with van der Waals surface area (Å²) in [5.74, 6) is 0. The molecule has 2 amide bonds. The Bertz CT molecular complexity index is 569. The van der Waals surface area contributed by atoms with Crippen molar-refractivity contribution in [1.29, 1.82) is 0 Å². The van der Waals surface area contributed by atoms with E-state index < -0.39 is 5.54 Å². The van der Waals surface area contributed by atoms with Crippen molar-refractivity contribution in [3.05, 3.63) is 34.9 Å². The Morgan fingerprint density at radius 1 is 0.923 bits per heavy atom. The molecule has 2 aliphatic rings. The fourth-order valence-corrected chi connectivity index (χ4v) is 4.74. The summed E-state index contributed by atoms with van der Waals surface area (Å²) in [6.45, 7) is 4.15. The number of amides is 2. The monoisotopic (exact) mass is 376 g/mol. The Hall–Kier alpha value is -1.22. The highest BCUT2D eigenvalue weighted by atomic mass is 35.5. The molecule has 3 rings (SSSR count). The third-order valence-electron chi connectivity index (χ3n) is 6.16.